The van der Waals surface area contributed by atoms with Gasteiger partial charge in [0.2, 0.25) is 5.91 Å². The Kier molecular flexibility index (Phi) is 5.01. The van der Waals surface area contributed by atoms with Crippen molar-refractivity contribution < 1.29 is 9.53 Å². The first kappa shape index (κ1) is 18.4. The monoisotopic (exact) mass is 375 g/mol. The van der Waals surface area contributed by atoms with Crippen molar-refractivity contribution >= 4 is 16.8 Å². The lowest BCUT2D eigenvalue weighted by molar-refractivity contribution is -0.122. The van der Waals surface area contributed by atoms with Crippen LogP contribution in [0.3, 0.4) is 0 Å². The molecule has 28 heavy (non-hydrogen) atoms. The number of nitrogens with two attached hydrogens (primary N) is 1. The minimum atomic E-state index is -0.243. The van der Waals surface area contributed by atoms with Gasteiger partial charge < -0.3 is 10.5 Å². The molecule has 5 heteroatoms. The molecule has 1 unspecified atom stereocenters. The molecular formula is C23H25N3O2. The van der Waals surface area contributed by atoms with Crippen molar-refractivity contribution in [1.29, 1.82) is 0 Å². The van der Waals surface area contributed by atoms with Crippen molar-refractivity contribution in [1.82, 2.24) is 9.88 Å². The summed E-state index contributed by atoms with van der Waals surface area (Å²) in [5.41, 5.74) is 10.9. The van der Waals surface area contributed by atoms with E-state index in [1.165, 1.54) is 0 Å². The highest BCUT2D eigenvalue weighted by molar-refractivity contribution is 5.86. The summed E-state index contributed by atoms with van der Waals surface area (Å²) in [5, 5.41) is 1.11. The summed E-state index contributed by atoms with van der Waals surface area (Å²) in [6.45, 7) is 3.61. The third kappa shape index (κ3) is 3.45. The number of aromatic nitrogens is 1. The summed E-state index contributed by atoms with van der Waals surface area (Å²) < 4.78 is 5.29. The third-order valence-corrected chi connectivity index (χ3v) is 5.56. The number of pyridine rings is 1. The van der Waals surface area contributed by atoms with Gasteiger partial charge in [-0.05, 0) is 67.8 Å². The Bertz CT molecular complexity index is 1010. The number of ether oxygens (including phenoxy) is 1. The molecule has 5 nitrogen and oxygen atoms in total. The topological polar surface area (TPSA) is 68.4 Å². The first-order valence-corrected chi connectivity index (χ1v) is 9.64. The number of rotatable bonds is 5. The highest BCUT2D eigenvalue weighted by Gasteiger charge is 2.29. The number of methoxy groups -OCH3 is 1. The number of carbonyl (C=O) groups is 1. The summed E-state index contributed by atoms with van der Waals surface area (Å²) in [7, 11) is 1.66. The predicted molar refractivity (Wildman–Crippen MR) is 111 cm³/mol. The Labute approximate surface area is 165 Å². The molecule has 1 amide bonds. The molecule has 0 saturated carbocycles. The number of hydrogen-bond acceptors (Lipinski definition) is 4. The van der Waals surface area contributed by atoms with Gasteiger partial charge in [0.15, 0.2) is 0 Å². The predicted octanol–water partition coefficient (Wildman–Crippen LogP) is 3.67. The molecule has 1 saturated heterocycles. The SMILES string of the molecule is COc1ccc(-c2nc3c(C)cccc3cc2CN2CCCC2C(N)=O)cc1. The first-order chi connectivity index (χ1) is 13.6. The fourth-order valence-corrected chi connectivity index (χ4v) is 4.07. The van der Waals surface area contributed by atoms with Crippen LogP contribution in [0.1, 0.15) is 24.0 Å². The summed E-state index contributed by atoms with van der Waals surface area (Å²) >= 11 is 0. The van der Waals surface area contributed by atoms with Crippen LogP contribution in [0, 0.1) is 6.92 Å². The minimum absolute atomic E-state index is 0.197. The van der Waals surface area contributed by atoms with Crippen molar-refractivity contribution in [2.45, 2.75) is 32.4 Å². The highest BCUT2D eigenvalue weighted by Crippen LogP contribution is 2.31. The van der Waals surface area contributed by atoms with E-state index in [2.05, 4.69) is 36.1 Å². The molecule has 3 aromatic rings. The van der Waals surface area contributed by atoms with Crippen LogP contribution in [0.5, 0.6) is 5.75 Å². The average molecular weight is 375 g/mol. The van der Waals surface area contributed by atoms with Gasteiger partial charge in [0, 0.05) is 17.5 Å². The van der Waals surface area contributed by atoms with Crippen LogP contribution in [0.25, 0.3) is 22.2 Å². The molecule has 0 aliphatic carbocycles. The van der Waals surface area contributed by atoms with E-state index in [1.807, 2.05) is 24.3 Å². The van der Waals surface area contributed by atoms with Crippen LogP contribution < -0.4 is 10.5 Å². The molecule has 1 aliphatic rings. The normalized spacial score (nSPS) is 17.1. The molecule has 0 spiro atoms. The lowest BCUT2D eigenvalue weighted by Gasteiger charge is -2.23. The Balaban J connectivity index is 1.81. The smallest absolute Gasteiger partial charge is 0.234 e. The molecule has 0 bridgehead atoms. The number of primary amides is 1. The van der Waals surface area contributed by atoms with E-state index >= 15 is 0 Å². The number of aryl methyl sites for hydroxylation is 1. The number of carbonyl (C=O) groups excluding carboxylic acids is 1. The largest absolute Gasteiger partial charge is 0.497 e. The van der Waals surface area contributed by atoms with Crippen molar-refractivity contribution in [2.75, 3.05) is 13.7 Å². The maximum atomic E-state index is 11.8. The number of amides is 1. The van der Waals surface area contributed by atoms with Crippen LogP contribution in [-0.2, 0) is 11.3 Å². The fourth-order valence-electron chi connectivity index (χ4n) is 4.07. The van der Waals surface area contributed by atoms with Gasteiger partial charge in [-0.3, -0.25) is 9.69 Å². The molecule has 1 aliphatic heterocycles. The van der Waals surface area contributed by atoms with E-state index < -0.39 is 0 Å². The van der Waals surface area contributed by atoms with Gasteiger partial charge in [0.25, 0.3) is 0 Å². The van der Waals surface area contributed by atoms with Gasteiger partial charge >= 0.3 is 0 Å². The fraction of sp³-hybridized carbons (Fsp3) is 0.304. The molecule has 1 fully saturated rings. The van der Waals surface area contributed by atoms with E-state index in [9.17, 15) is 4.79 Å². The van der Waals surface area contributed by atoms with E-state index in [4.69, 9.17) is 15.5 Å². The Morgan fingerprint density at radius 3 is 2.75 bits per heavy atom. The van der Waals surface area contributed by atoms with Crippen molar-refractivity contribution in [2.24, 2.45) is 5.73 Å². The van der Waals surface area contributed by atoms with Gasteiger partial charge in [-0.2, -0.15) is 0 Å². The summed E-state index contributed by atoms with van der Waals surface area (Å²) in [6, 6.07) is 16.2. The third-order valence-electron chi connectivity index (χ3n) is 5.56. The Hall–Kier alpha value is -2.92. The second kappa shape index (κ2) is 7.60. The standard InChI is InChI=1S/C23H25N3O2/c1-15-5-3-6-17-13-18(14-26-12-4-7-20(26)23(24)27)22(25-21(15)17)16-8-10-19(28-2)11-9-16/h3,5-6,8-11,13,20H,4,7,12,14H2,1-2H3,(H2,24,27). The lowest BCUT2D eigenvalue weighted by Crippen LogP contribution is -2.39. The highest BCUT2D eigenvalue weighted by atomic mass is 16.5. The summed E-state index contributed by atoms with van der Waals surface area (Å²) in [5.74, 6) is 0.573. The van der Waals surface area contributed by atoms with Crippen molar-refractivity contribution in [3.8, 4) is 17.0 Å². The van der Waals surface area contributed by atoms with Gasteiger partial charge in [0.05, 0.1) is 24.4 Å². The van der Waals surface area contributed by atoms with Crippen molar-refractivity contribution in [3.63, 3.8) is 0 Å². The average Bonchev–Trinajstić information content (AvgIpc) is 3.16. The second-order valence-electron chi connectivity index (χ2n) is 7.40. The van der Waals surface area contributed by atoms with Gasteiger partial charge in [-0.1, -0.05) is 18.2 Å². The number of benzene rings is 2. The molecule has 144 valence electrons. The van der Waals surface area contributed by atoms with E-state index in [0.717, 1.165) is 58.4 Å². The zero-order valence-electron chi connectivity index (χ0n) is 16.3. The van der Waals surface area contributed by atoms with Crippen LogP contribution in [0.2, 0.25) is 0 Å². The quantitative estimate of drug-likeness (QED) is 0.739. The number of nitrogens with zero attached hydrogens (tertiary/aromatic N) is 2. The Morgan fingerprint density at radius 1 is 1.25 bits per heavy atom. The zero-order valence-corrected chi connectivity index (χ0v) is 16.3. The molecule has 0 radical (unpaired) electrons. The first-order valence-electron chi connectivity index (χ1n) is 9.64. The minimum Gasteiger partial charge on any atom is -0.497 e. The summed E-state index contributed by atoms with van der Waals surface area (Å²) in [4.78, 5) is 19.0. The molecule has 1 aromatic heterocycles. The van der Waals surface area contributed by atoms with E-state index in [-0.39, 0.29) is 11.9 Å². The summed E-state index contributed by atoms with van der Waals surface area (Å²) in [6.07, 6.45) is 1.82. The molecule has 1 atom stereocenters. The molecule has 4 rings (SSSR count). The number of fused-ring (bicyclic) bond motifs is 1. The zero-order chi connectivity index (χ0) is 19.7. The second-order valence-corrected chi connectivity index (χ2v) is 7.40. The Morgan fingerprint density at radius 2 is 2.04 bits per heavy atom. The van der Waals surface area contributed by atoms with Crippen LogP contribution in [-0.4, -0.2) is 35.5 Å². The molecule has 2 heterocycles. The van der Waals surface area contributed by atoms with Crippen LogP contribution in [0.4, 0.5) is 0 Å². The lowest BCUT2D eigenvalue weighted by atomic mass is 10.0. The van der Waals surface area contributed by atoms with Gasteiger partial charge in [-0.25, -0.2) is 4.98 Å². The van der Waals surface area contributed by atoms with Crippen LogP contribution >= 0.6 is 0 Å². The van der Waals surface area contributed by atoms with E-state index in [0.29, 0.717) is 6.54 Å². The van der Waals surface area contributed by atoms with Gasteiger partial charge in [-0.15, -0.1) is 0 Å². The number of hydrogen-bond donors (Lipinski definition) is 1. The molecule has 2 aromatic carbocycles. The van der Waals surface area contributed by atoms with Crippen molar-refractivity contribution in [3.05, 3.63) is 59.7 Å². The van der Waals surface area contributed by atoms with Crippen LogP contribution in [0.15, 0.2) is 48.5 Å². The molecular weight excluding hydrogens is 350 g/mol. The van der Waals surface area contributed by atoms with Gasteiger partial charge in [0.1, 0.15) is 5.75 Å². The maximum Gasteiger partial charge on any atom is 0.234 e. The maximum absolute atomic E-state index is 11.8. The van der Waals surface area contributed by atoms with E-state index in [1.54, 1.807) is 7.11 Å². The number of likely N-dealkylation sites (tertiary alicyclic amines) is 1. The molecule has 2 N–H and O–H groups in total. The number of para-hydroxylation sites is 1.